The first-order valence-electron chi connectivity index (χ1n) is 13.9. The van der Waals surface area contributed by atoms with Crippen LogP contribution in [0.2, 0.25) is 5.02 Å². The maximum absolute atomic E-state index is 14.1. The number of hydrogen-bond donors (Lipinski definition) is 1. The summed E-state index contributed by atoms with van der Waals surface area (Å²) >= 11 is 6.98. The van der Waals surface area contributed by atoms with E-state index in [0.717, 1.165) is 73.2 Å². The number of amides is 1. The lowest BCUT2D eigenvalue weighted by Crippen LogP contribution is -2.47. The highest BCUT2D eigenvalue weighted by atomic mass is 35.5. The molecule has 1 aliphatic heterocycles. The van der Waals surface area contributed by atoms with E-state index in [1.165, 1.54) is 5.56 Å². The molecule has 0 bridgehead atoms. The van der Waals surface area contributed by atoms with E-state index in [9.17, 15) is 9.59 Å². The summed E-state index contributed by atoms with van der Waals surface area (Å²) in [6.45, 7) is 3.37. The van der Waals surface area contributed by atoms with Crippen molar-refractivity contribution in [1.82, 2.24) is 14.8 Å². The molecule has 2 aromatic rings. The minimum Gasteiger partial charge on any atom is -0.385 e. The van der Waals surface area contributed by atoms with E-state index in [0.29, 0.717) is 26.3 Å². The molecule has 0 spiro atoms. The van der Waals surface area contributed by atoms with E-state index < -0.39 is 0 Å². The molecule has 1 aromatic heterocycles. The highest BCUT2D eigenvalue weighted by molar-refractivity contribution is 6.32. The number of halogens is 1. The molecule has 1 N–H and O–H groups in total. The Morgan fingerprint density at radius 2 is 1.79 bits per heavy atom. The number of hydrogen-bond acceptors (Lipinski definition) is 5. The van der Waals surface area contributed by atoms with Gasteiger partial charge in [0.05, 0.1) is 5.92 Å². The van der Waals surface area contributed by atoms with Crippen molar-refractivity contribution in [2.24, 2.45) is 13.0 Å². The summed E-state index contributed by atoms with van der Waals surface area (Å²) in [5.74, 6) is -0.0205. The molecule has 1 aromatic carbocycles. The molecule has 1 saturated heterocycles. The van der Waals surface area contributed by atoms with Crippen molar-refractivity contribution in [1.29, 1.82) is 0 Å². The average Bonchev–Trinajstić information content (AvgIpc) is 3.76. The molecule has 7 nitrogen and oxygen atoms in total. The van der Waals surface area contributed by atoms with Gasteiger partial charge in [0.25, 0.3) is 5.56 Å². The number of nitrogens with zero attached hydrogens (tertiary/aromatic N) is 2. The van der Waals surface area contributed by atoms with Gasteiger partial charge in [0, 0.05) is 70.9 Å². The third kappa shape index (κ3) is 7.26. The lowest BCUT2D eigenvalue weighted by atomic mass is 9.80. The first-order valence-corrected chi connectivity index (χ1v) is 14.3. The highest BCUT2D eigenvalue weighted by Crippen LogP contribution is 2.37. The summed E-state index contributed by atoms with van der Waals surface area (Å²) in [4.78, 5) is 28.6. The number of aryl methyl sites for hydroxylation is 3. The SMILES string of the molecule is COCCCc1cc(CCCOC)c(Cl)c(CN(C(=O)[C@H]2CNCCC2c2ccn(C)c(=O)c2)C2CC2)c1. The van der Waals surface area contributed by atoms with Crippen LogP contribution in [0.15, 0.2) is 35.3 Å². The van der Waals surface area contributed by atoms with Gasteiger partial charge < -0.3 is 24.3 Å². The van der Waals surface area contributed by atoms with E-state index in [1.807, 2.05) is 6.07 Å². The Labute approximate surface area is 231 Å². The summed E-state index contributed by atoms with van der Waals surface area (Å²) in [6.07, 6.45) is 8.27. The van der Waals surface area contributed by atoms with Crippen LogP contribution < -0.4 is 10.9 Å². The van der Waals surface area contributed by atoms with Crippen LogP contribution in [-0.2, 0) is 40.7 Å². The van der Waals surface area contributed by atoms with Crippen molar-refractivity contribution in [2.75, 3.05) is 40.5 Å². The third-order valence-electron chi connectivity index (χ3n) is 7.86. The van der Waals surface area contributed by atoms with Crippen molar-refractivity contribution in [3.05, 3.63) is 68.1 Å². The van der Waals surface area contributed by atoms with Crippen LogP contribution in [0.1, 0.15) is 60.3 Å². The minimum atomic E-state index is -0.207. The standard InChI is InChI=1S/C30H42ClN3O4/c1-33-13-11-22(18-28(33)35)26-10-12-32-19-27(26)30(36)34(25-8-9-25)20-24-17-21(6-4-14-37-2)16-23(29(24)31)7-5-15-38-3/h11,13,16-18,25-27,32H,4-10,12,14-15,19-20H2,1-3H3/t26?,27-/m0/s1. The molecule has 208 valence electrons. The van der Waals surface area contributed by atoms with Gasteiger partial charge in [-0.05, 0) is 85.7 Å². The maximum Gasteiger partial charge on any atom is 0.250 e. The normalized spacial score (nSPS) is 19.5. The Bertz CT molecular complexity index is 1150. The van der Waals surface area contributed by atoms with Gasteiger partial charge in [-0.2, -0.15) is 0 Å². The van der Waals surface area contributed by atoms with E-state index in [2.05, 4.69) is 22.3 Å². The lowest BCUT2D eigenvalue weighted by molar-refractivity contribution is -0.138. The van der Waals surface area contributed by atoms with Crippen molar-refractivity contribution in [2.45, 2.75) is 63.5 Å². The number of rotatable bonds is 13. The van der Waals surface area contributed by atoms with Gasteiger partial charge in [0.2, 0.25) is 5.91 Å². The zero-order valence-corrected chi connectivity index (χ0v) is 23.8. The maximum atomic E-state index is 14.1. The monoisotopic (exact) mass is 543 g/mol. The second-order valence-electron chi connectivity index (χ2n) is 10.7. The molecular weight excluding hydrogens is 502 g/mol. The Hall–Kier alpha value is -2.19. The molecule has 1 aliphatic carbocycles. The summed E-state index contributed by atoms with van der Waals surface area (Å²) in [5.41, 5.74) is 4.29. The molecule has 1 saturated carbocycles. The Balaban J connectivity index is 1.59. The van der Waals surface area contributed by atoms with Crippen LogP contribution in [0.25, 0.3) is 0 Å². The molecule has 4 rings (SSSR count). The van der Waals surface area contributed by atoms with Crippen LogP contribution >= 0.6 is 11.6 Å². The predicted octanol–water partition coefficient (Wildman–Crippen LogP) is 4.08. The molecule has 0 radical (unpaired) electrons. The minimum absolute atomic E-state index is 0.0272. The van der Waals surface area contributed by atoms with Gasteiger partial charge in [-0.25, -0.2) is 0 Å². The first-order chi connectivity index (χ1) is 18.4. The predicted molar refractivity (Wildman–Crippen MR) is 151 cm³/mol. The van der Waals surface area contributed by atoms with E-state index in [4.69, 9.17) is 21.1 Å². The fraction of sp³-hybridized carbons (Fsp3) is 0.600. The number of methoxy groups -OCH3 is 2. The van der Waals surface area contributed by atoms with Gasteiger partial charge in [-0.1, -0.05) is 23.7 Å². The van der Waals surface area contributed by atoms with E-state index in [1.54, 1.807) is 38.1 Å². The number of ether oxygens (including phenoxy) is 2. The number of piperidine rings is 1. The number of benzene rings is 1. The van der Waals surface area contributed by atoms with E-state index >= 15 is 0 Å². The van der Waals surface area contributed by atoms with Crippen molar-refractivity contribution in [3.63, 3.8) is 0 Å². The number of carbonyl (C=O) groups excluding carboxylic acids is 1. The second kappa shape index (κ2) is 13.7. The van der Waals surface area contributed by atoms with Crippen LogP contribution in [0.5, 0.6) is 0 Å². The summed E-state index contributed by atoms with van der Waals surface area (Å²) < 4.78 is 12.1. The number of nitrogens with one attached hydrogen (secondary N) is 1. The van der Waals surface area contributed by atoms with Gasteiger partial charge in [-0.3, -0.25) is 9.59 Å². The molecule has 1 amide bonds. The second-order valence-corrected chi connectivity index (χ2v) is 11.1. The first kappa shape index (κ1) is 28.8. The molecule has 2 atom stereocenters. The van der Waals surface area contributed by atoms with Crippen LogP contribution in [0.3, 0.4) is 0 Å². The molecule has 2 fully saturated rings. The van der Waals surface area contributed by atoms with Crippen LogP contribution in [-0.4, -0.2) is 61.9 Å². The van der Waals surface area contributed by atoms with Crippen molar-refractivity contribution in [3.8, 4) is 0 Å². The Morgan fingerprint density at radius 1 is 1.08 bits per heavy atom. The Morgan fingerprint density at radius 3 is 2.47 bits per heavy atom. The summed E-state index contributed by atoms with van der Waals surface area (Å²) in [6, 6.07) is 8.32. The largest absolute Gasteiger partial charge is 0.385 e. The lowest BCUT2D eigenvalue weighted by Gasteiger charge is -2.36. The molecule has 2 aliphatic rings. The molecular formula is C30H42ClN3O4. The topological polar surface area (TPSA) is 72.8 Å². The van der Waals surface area contributed by atoms with Crippen molar-refractivity contribution < 1.29 is 14.3 Å². The van der Waals surface area contributed by atoms with Gasteiger partial charge in [0.15, 0.2) is 0 Å². The molecule has 1 unspecified atom stereocenters. The van der Waals surface area contributed by atoms with Gasteiger partial charge >= 0.3 is 0 Å². The molecule has 38 heavy (non-hydrogen) atoms. The number of pyridine rings is 1. The quantitative estimate of drug-likeness (QED) is 0.385. The van der Waals surface area contributed by atoms with Crippen molar-refractivity contribution >= 4 is 17.5 Å². The zero-order chi connectivity index (χ0) is 27.1. The fourth-order valence-corrected chi connectivity index (χ4v) is 5.84. The summed E-state index contributed by atoms with van der Waals surface area (Å²) in [5, 5.41) is 4.19. The smallest absolute Gasteiger partial charge is 0.250 e. The Kier molecular flexibility index (Phi) is 10.4. The molecule has 8 heteroatoms. The van der Waals surface area contributed by atoms with Gasteiger partial charge in [-0.15, -0.1) is 0 Å². The van der Waals surface area contributed by atoms with E-state index in [-0.39, 0.29) is 29.3 Å². The summed E-state index contributed by atoms with van der Waals surface area (Å²) in [7, 11) is 5.19. The van der Waals surface area contributed by atoms with Crippen LogP contribution in [0, 0.1) is 5.92 Å². The number of carbonyl (C=O) groups is 1. The fourth-order valence-electron chi connectivity index (χ4n) is 5.57. The number of aromatic nitrogens is 1. The zero-order valence-electron chi connectivity index (χ0n) is 23.0. The van der Waals surface area contributed by atoms with Gasteiger partial charge in [0.1, 0.15) is 0 Å². The average molecular weight is 544 g/mol. The molecule has 2 heterocycles. The van der Waals surface area contributed by atoms with Crippen LogP contribution in [0.4, 0.5) is 0 Å². The third-order valence-corrected chi connectivity index (χ3v) is 8.34. The highest BCUT2D eigenvalue weighted by Gasteiger charge is 2.40.